The Morgan fingerprint density at radius 1 is 1.26 bits per heavy atom. The third-order valence-corrected chi connectivity index (χ3v) is 4.79. The monoisotopic (exact) mass is 380 g/mol. The second-order valence-electron chi connectivity index (χ2n) is 5.98. The molecule has 5 nitrogen and oxygen atoms in total. The SMILES string of the molecule is Cc1ccc(Cc2cnc(NC(=O)CNc3ccc(C#N)cc3)s2)cc1F. The van der Waals surface area contributed by atoms with Crippen LogP contribution in [0.4, 0.5) is 15.2 Å². The number of aromatic nitrogens is 1. The van der Waals surface area contributed by atoms with Crippen molar-refractivity contribution in [1.82, 2.24) is 4.98 Å². The van der Waals surface area contributed by atoms with Gasteiger partial charge in [-0.2, -0.15) is 5.26 Å². The summed E-state index contributed by atoms with van der Waals surface area (Å²) in [5, 5.41) is 15.0. The number of hydrogen-bond donors (Lipinski definition) is 2. The number of hydrogen-bond acceptors (Lipinski definition) is 5. The summed E-state index contributed by atoms with van der Waals surface area (Å²) in [6.07, 6.45) is 2.25. The first-order valence-electron chi connectivity index (χ1n) is 8.27. The Balaban J connectivity index is 1.52. The van der Waals surface area contributed by atoms with Crippen molar-refractivity contribution in [3.63, 3.8) is 0 Å². The molecule has 2 aromatic carbocycles. The number of amides is 1. The van der Waals surface area contributed by atoms with Gasteiger partial charge in [-0.15, -0.1) is 11.3 Å². The fourth-order valence-electron chi connectivity index (χ4n) is 2.40. The van der Waals surface area contributed by atoms with Crippen molar-refractivity contribution in [1.29, 1.82) is 5.26 Å². The average Bonchev–Trinajstić information content (AvgIpc) is 3.10. The summed E-state index contributed by atoms with van der Waals surface area (Å²) in [4.78, 5) is 17.2. The molecule has 0 saturated carbocycles. The van der Waals surface area contributed by atoms with Gasteiger partial charge in [0, 0.05) is 23.2 Å². The zero-order valence-electron chi connectivity index (χ0n) is 14.6. The molecular weight excluding hydrogens is 363 g/mol. The highest BCUT2D eigenvalue weighted by atomic mass is 32.1. The average molecular weight is 380 g/mol. The van der Waals surface area contributed by atoms with Crippen molar-refractivity contribution in [2.24, 2.45) is 0 Å². The maximum atomic E-state index is 13.6. The molecule has 0 atom stereocenters. The zero-order chi connectivity index (χ0) is 19.2. The van der Waals surface area contributed by atoms with Crippen molar-refractivity contribution >= 4 is 28.1 Å². The molecule has 0 fully saturated rings. The minimum absolute atomic E-state index is 0.0873. The molecule has 2 N–H and O–H groups in total. The third kappa shape index (κ3) is 5.12. The molecule has 7 heteroatoms. The van der Waals surface area contributed by atoms with Gasteiger partial charge in [0.25, 0.3) is 0 Å². The fourth-order valence-corrected chi connectivity index (χ4v) is 3.27. The molecule has 3 aromatic rings. The number of benzene rings is 2. The third-order valence-electron chi connectivity index (χ3n) is 3.88. The van der Waals surface area contributed by atoms with E-state index in [9.17, 15) is 9.18 Å². The van der Waals surface area contributed by atoms with E-state index >= 15 is 0 Å². The van der Waals surface area contributed by atoms with Crippen molar-refractivity contribution in [3.8, 4) is 6.07 Å². The van der Waals surface area contributed by atoms with E-state index in [1.54, 1.807) is 43.5 Å². The van der Waals surface area contributed by atoms with Gasteiger partial charge < -0.3 is 10.6 Å². The number of anilines is 2. The van der Waals surface area contributed by atoms with Crippen LogP contribution >= 0.6 is 11.3 Å². The predicted octanol–water partition coefficient (Wildman–Crippen LogP) is 4.10. The summed E-state index contributed by atoms with van der Waals surface area (Å²) >= 11 is 1.36. The topological polar surface area (TPSA) is 77.8 Å². The first kappa shape index (κ1) is 18.5. The predicted molar refractivity (Wildman–Crippen MR) is 104 cm³/mol. The molecule has 1 heterocycles. The quantitative estimate of drug-likeness (QED) is 0.675. The van der Waals surface area contributed by atoms with Crippen molar-refractivity contribution in [2.45, 2.75) is 13.3 Å². The van der Waals surface area contributed by atoms with Gasteiger partial charge in [0.1, 0.15) is 5.82 Å². The minimum Gasteiger partial charge on any atom is -0.376 e. The number of nitriles is 1. The highest BCUT2D eigenvalue weighted by molar-refractivity contribution is 7.15. The second-order valence-corrected chi connectivity index (χ2v) is 7.10. The van der Waals surface area contributed by atoms with E-state index in [0.29, 0.717) is 22.7 Å². The normalized spacial score (nSPS) is 10.3. The molecule has 0 saturated heterocycles. The van der Waals surface area contributed by atoms with Crippen LogP contribution < -0.4 is 10.6 Å². The van der Waals surface area contributed by atoms with Crippen LogP contribution in [0.15, 0.2) is 48.7 Å². The lowest BCUT2D eigenvalue weighted by molar-refractivity contribution is -0.114. The Morgan fingerprint density at radius 2 is 2.04 bits per heavy atom. The Morgan fingerprint density at radius 3 is 2.74 bits per heavy atom. The summed E-state index contributed by atoms with van der Waals surface area (Å²) in [5.41, 5.74) is 2.80. The van der Waals surface area contributed by atoms with E-state index < -0.39 is 0 Å². The molecule has 0 bridgehead atoms. The van der Waals surface area contributed by atoms with Crippen LogP contribution in [0.1, 0.15) is 21.6 Å². The van der Waals surface area contributed by atoms with Crippen molar-refractivity contribution < 1.29 is 9.18 Å². The molecule has 0 spiro atoms. The number of thiazole rings is 1. The molecule has 0 radical (unpaired) electrons. The van der Waals surface area contributed by atoms with Gasteiger partial charge in [-0.1, -0.05) is 12.1 Å². The second kappa shape index (κ2) is 8.43. The lowest BCUT2D eigenvalue weighted by Crippen LogP contribution is -2.21. The van der Waals surface area contributed by atoms with E-state index in [4.69, 9.17) is 5.26 Å². The van der Waals surface area contributed by atoms with E-state index in [0.717, 1.165) is 16.1 Å². The number of carbonyl (C=O) groups is 1. The van der Waals surface area contributed by atoms with Crippen LogP contribution in [0.3, 0.4) is 0 Å². The van der Waals surface area contributed by atoms with E-state index in [2.05, 4.69) is 15.6 Å². The maximum absolute atomic E-state index is 13.6. The lowest BCUT2D eigenvalue weighted by atomic mass is 10.1. The largest absolute Gasteiger partial charge is 0.376 e. The summed E-state index contributed by atoms with van der Waals surface area (Å²) in [5.74, 6) is -0.443. The van der Waals surface area contributed by atoms with Gasteiger partial charge in [-0.3, -0.25) is 4.79 Å². The van der Waals surface area contributed by atoms with Crippen molar-refractivity contribution in [2.75, 3.05) is 17.2 Å². The zero-order valence-corrected chi connectivity index (χ0v) is 15.4. The lowest BCUT2D eigenvalue weighted by Gasteiger charge is -2.06. The minimum atomic E-state index is -0.223. The van der Waals surface area contributed by atoms with Gasteiger partial charge in [0.05, 0.1) is 18.2 Å². The highest BCUT2D eigenvalue weighted by Gasteiger charge is 2.08. The van der Waals surface area contributed by atoms with Crippen LogP contribution in [0, 0.1) is 24.1 Å². The molecule has 0 unspecified atom stereocenters. The molecule has 27 heavy (non-hydrogen) atoms. The molecule has 0 aliphatic carbocycles. The van der Waals surface area contributed by atoms with Crippen molar-refractivity contribution in [3.05, 3.63) is 76.0 Å². The van der Waals surface area contributed by atoms with Crippen LogP contribution in [0.5, 0.6) is 0 Å². The summed E-state index contributed by atoms with van der Waals surface area (Å²) in [6, 6.07) is 14.1. The van der Waals surface area contributed by atoms with Gasteiger partial charge in [-0.05, 0) is 48.4 Å². The maximum Gasteiger partial charge on any atom is 0.245 e. The van der Waals surface area contributed by atoms with Gasteiger partial charge in [0.15, 0.2) is 5.13 Å². The van der Waals surface area contributed by atoms with Crippen LogP contribution in [-0.4, -0.2) is 17.4 Å². The van der Waals surface area contributed by atoms with E-state index in [-0.39, 0.29) is 18.3 Å². The van der Waals surface area contributed by atoms with Gasteiger partial charge >= 0.3 is 0 Å². The van der Waals surface area contributed by atoms with E-state index in [1.165, 1.54) is 17.4 Å². The first-order chi connectivity index (χ1) is 13.0. The van der Waals surface area contributed by atoms with Crippen LogP contribution in [0.25, 0.3) is 0 Å². The van der Waals surface area contributed by atoms with Gasteiger partial charge in [0.2, 0.25) is 5.91 Å². The Bertz CT molecular complexity index is 992. The molecule has 1 aromatic heterocycles. The molecular formula is C20H17FN4OS. The summed E-state index contributed by atoms with van der Waals surface area (Å²) in [6.45, 7) is 1.81. The number of nitrogens with one attached hydrogen (secondary N) is 2. The molecule has 3 rings (SSSR count). The molecule has 1 amide bonds. The molecule has 0 aliphatic rings. The molecule has 136 valence electrons. The molecule has 0 aliphatic heterocycles. The number of nitrogens with zero attached hydrogens (tertiary/aromatic N) is 2. The summed E-state index contributed by atoms with van der Waals surface area (Å²) in [7, 11) is 0. The van der Waals surface area contributed by atoms with Gasteiger partial charge in [-0.25, -0.2) is 9.37 Å². The number of halogens is 1. The Kier molecular flexibility index (Phi) is 5.79. The highest BCUT2D eigenvalue weighted by Crippen LogP contribution is 2.22. The standard InChI is InChI=1S/C20H17FN4OS/c1-13-2-3-15(9-18(13)21)8-17-11-24-20(27-17)25-19(26)12-23-16-6-4-14(10-22)5-7-16/h2-7,9,11,23H,8,12H2,1H3,(H,24,25,26). The van der Waals surface area contributed by atoms with Crippen LogP contribution in [0.2, 0.25) is 0 Å². The van der Waals surface area contributed by atoms with Crippen LogP contribution in [-0.2, 0) is 11.2 Å². The number of carbonyl (C=O) groups excluding carboxylic acids is 1. The first-order valence-corrected chi connectivity index (χ1v) is 9.09. The Hall–Kier alpha value is -3.24. The smallest absolute Gasteiger partial charge is 0.245 e. The number of aryl methyl sites for hydroxylation is 1. The fraction of sp³-hybridized carbons (Fsp3) is 0.150. The Labute approximate surface area is 160 Å². The van der Waals surface area contributed by atoms with E-state index in [1.807, 2.05) is 12.1 Å². The number of rotatable bonds is 6. The summed E-state index contributed by atoms with van der Waals surface area (Å²) < 4.78 is 13.6.